The van der Waals surface area contributed by atoms with Gasteiger partial charge in [0, 0.05) is 31.9 Å². The normalized spacial score (nSPS) is 15.4. The van der Waals surface area contributed by atoms with Crippen molar-refractivity contribution >= 4 is 17.7 Å². The molecule has 31 heavy (non-hydrogen) atoms. The second kappa shape index (κ2) is 16.2. The minimum absolute atomic E-state index is 0.0579. The predicted molar refractivity (Wildman–Crippen MR) is 123 cm³/mol. The molecular weight excluding hydrogens is 392 g/mol. The number of carbonyl (C=O) groups excluding carboxylic acids is 3. The molecule has 1 aliphatic rings. The molecule has 0 aliphatic carbocycles. The van der Waals surface area contributed by atoms with Crippen molar-refractivity contribution in [2.45, 2.75) is 89.5 Å². The summed E-state index contributed by atoms with van der Waals surface area (Å²) in [5, 5.41) is 2.93. The van der Waals surface area contributed by atoms with Crippen molar-refractivity contribution in [1.82, 2.24) is 10.2 Å². The van der Waals surface area contributed by atoms with Gasteiger partial charge < -0.3 is 10.1 Å². The van der Waals surface area contributed by atoms with E-state index in [2.05, 4.69) is 17.8 Å². The van der Waals surface area contributed by atoms with Crippen molar-refractivity contribution in [3.8, 4) is 12.3 Å². The number of hydrogen-bond donors (Lipinski definition) is 1. The van der Waals surface area contributed by atoms with E-state index in [0.29, 0.717) is 31.6 Å². The van der Waals surface area contributed by atoms with Gasteiger partial charge in [-0.3, -0.25) is 19.3 Å². The molecule has 1 heterocycles. The van der Waals surface area contributed by atoms with Crippen LogP contribution in [0.25, 0.3) is 0 Å². The van der Waals surface area contributed by atoms with Gasteiger partial charge >= 0.3 is 0 Å². The number of methoxy groups -OCH3 is 1. The predicted octanol–water partition coefficient (Wildman–Crippen LogP) is 4.26. The van der Waals surface area contributed by atoms with E-state index >= 15 is 0 Å². The molecule has 0 saturated carbocycles. The van der Waals surface area contributed by atoms with Crippen molar-refractivity contribution in [3.05, 3.63) is 24.5 Å². The summed E-state index contributed by atoms with van der Waals surface area (Å²) >= 11 is 0. The lowest BCUT2D eigenvalue weighted by Gasteiger charge is -2.25. The minimum atomic E-state index is -0.343. The zero-order valence-corrected chi connectivity index (χ0v) is 19.0. The molecule has 3 amide bonds. The fourth-order valence-corrected chi connectivity index (χ4v) is 3.66. The maximum absolute atomic E-state index is 12.6. The van der Waals surface area contributed by atoms with Crippen molar-refractivity contribution in [3.63, 3.8) is 0 Å². The summed E-state index contributed by atoms with van der Waals surface area (Å²) in [5.41, 5.74) is 0. The molecule has 6 nitrogen and oxygen atoms in total. The monoisotopic (exact) mass is 430 g/mol. The number of rotatable bonds is 17. The molecule has 172 valence electrons. The maximum atomic E-state index is 12.6. The SMILES string of the molecule is C#CCCCCCC(=O)NCCCCC1C(OC)=CC(=O)N1C(=O)CCCCCC=C. The van der Waals surface area contributed by atoms with Crippen molar-refractivity contribution in [1.29, 1.82) is 0 Å². The van der Waals surface area contributed by atoms with E-state index in [-0.39, 0.29) is 23.8 Å². The number of imide groups is 1. The molecule has 0 radical (unpaired) electrons. The molecule has 0 fully saturated rings. The fraction of sp³-hybridized carbons (Fsp3) is 0.640. The largest absolute Gasteiger partial charge is 0.499 e. The lowest BCUT2D eigenvalue weighted by Crippen LogP contribution is -2.40. The van der Waals surface area contributed by atoms with Crippen LogP contribution in [0.1, 0.15) is 83.5 Å². The van der Waals surface area contributed by atoms with Crippen LogP contribution in [0, 0.1) is 12.3 Å². The van der Waals surface area contributed by atoms with Crippen LogP contribution < -0.4 is 5.32 Å². The van der Waals surface area contributed by atoms with Crippen LogP contribution in [0.15, 0.2) is 24.5 Å². The molecule has 1 atom stereocenters. The van der Waals surface area contributed by atoms with Crippen LogP contribution in [-0.4, -0.2) is 42.3 Å². The first kappa shape index (κ1) is 26.5. The summed E-state index contributed by atoms with van der Waals surface area (Å²) in [7, 11) is 1.53. The number of carbonyl (C=O) groups is 3. The molecular formula is C25H38N2O4. The van der Waals surface area contributed by atoms with Crippen LogP contribution in [0.2, 0.25) is 0 Å². The first-order valence-corrected chi connectivity index (χ1v) is 11.5. The number of unbranched alkanes of at least 4 members (excludes halogenated alkanes) is 7. The van der Waals surface area contributed by atoms with Gasteiger partial charge in [-0.2, -0.15) is 0 Å². The molecule has 0 spiro atoms. The molecule has 0 aromatic carbocycles. The Hall–Kier alpha value is -2.55. The van der Waals surface area contributed by atoms with Crippen molar-refractivity contribution in [2.75, 3.05) is 13.7 Å². The summed E-state index contributed by atoms with van der Waals surface area (Å²) < 4.78 is 5.35. The zero-order valence-electron chi connectivity index (χ0n) is 19.0. The highest BCUT2D eigenvalue weighted by Gasteiger charge is 2.37. The number of nitrogens with one attached hydrogen (secondary N) is 1. The molecule has 1 aliphatic heterocycles. The summed E-state index contributed by atoms with van der Waals surface area (Å²) in [6, 6.07) is -0.343. The molecule has 0 aromatic heterocycles. The molecule has 1 N–H and O–H groups in total. The Bertz CT molecular complexity index is 663. The second-order valence-corrected chi connectivity index (χ2v) is 7.87. The van der Waals surface area contributed by atoms with E-state index in [0.717, 1.165) is 64.2 Å². The van der Waals surface area contributed by atoms with Crippen LogP contribution in [0.3, 0.4) is 0 Å². The van der Waals surface area contributed by atoms with Gasteiger partial charge in [0.15, 0.2) is 0 Å². The van der Waals surface area contributed by atoms with E-state index < -0.39 is 0 Å². The van der Waals surface area contributed by atoms with Crippen LogP contribution >= 0.6 is 0 Å². The molecule has 0 aromatic rings. The Kier molecular flexibility index (Phi) is 13.8. The Morgan fingerprint density at radius 1 is 1.16 bits per heavy atom. The van der Waals surface area contributed by atoms with Crippen molar-refractivity contribution < 1.29 is 19.1 Å². The summed E-state index contributed by atoms with van der Waals surface area (Å²) in [6.45, 7) is 4.29. The third kappa shape index (κ3) is 10.3. The number of terminal acetylenes is 1. The number of hydrogen-bond acceptors (Lipinski definition) is 4. The van der Waals surface area contributed by atoms with Gasteiger partial charge in [-0.25, -0.2) is 0 Å². The second-order valence-electron chi connectivity index (χ2n) is 7.87. The minimum Gasteiger partial charge on any atom is -0.499 e. The lowest BCUT2D eigenvalue weighted by atomic mass is 10.1. The smallest absolute Gasteiger partial charge is 0.257 e. The summed E-state index contributed by atoms with van der Waals surface area (Å²) in [4.78, 5) is 38.2. The van der Waals surface area contributed by atoms with Crippen LogP contribution in [-0.2, 0) is 19.1 Å². The number of allylic oxidation sites excluding steroid dienone is 1. The number of amides is 3. The Labute approximate surface area is 187 Å². The average Bonchev–Trinajstić information content (AvgIpc) is 3.08. The highest BCUT2D eigenvalue weighted by molar-refractivity contribution is 6.04. The Balaban J connectivity index is 2.34. The first-order valence-electron chi connectivity index (χ1n) is 11.5. The maximum Gasteiger partial charge on any atom is 0.257 e. The van der Waals surface area contributed by atoms with Crippen LogP contribution in [0.4, 0.5) is 0 Å². The fourth-order valence-electron chi connectivity index (χ4n) is 3.66. The van der Waals surface area contributed by atoms with Gasteiger partial charge in [0.25, 0.3) is 5.91 Å². The van der Waals surface area contributed by atoms with E-state index in [1.807, 2.05) is 6.08 Å². The van der Waals surface area contributed by atoms with E-state index in [4.69, 9.17) is 11.2 Å². The quantitative estimate of drug-likeness (QED) is 0.212. The summed E-state index contributed by atoms with van der Waals surface area (Å²) in [5.74, 6) is 2.76. The molecule has 0 bridgehead atoms. The summed E-state index contributed by atoms with van der Waals surface area (Å²) in [6.07, 6.45) is 18.8. The topological polar surface area (TPSA) is 75.7 Å². The van der Waals surface area contributed by atoms with E-state index in [1.165, 1.54) is 18.1 Å². The Morgan fingerprint density at radius 3 is 2.61 bits per heavy atom. The lowest BCUT2D eigenvalue weighted by molar-refractivity contribution is -0.143. The third-order valence-corrected chi connectivity index (χ3v) is 5.40. The third-order valence-electron chi connectivity index (χ3n) is 5.40. The van der Waals surface area contributed by atoms with Gasteiger partial charge in [-0.15, -0.1) is 18.9 Å². The van der Waals surface area contributed by atoms with Crippen molar-refractivity contribution in [2.24, 2.45) is 0 Å². The van der Waals surface area contributed by atoms with Gasteiger partial charge in [-0.1, -0.05) is 18.9 Å². The standard InChI is InChI=1S/C25H38N2O4/c1-4-6-8-10-12-17-23(28)26-19-15-14-16-21-22(31-3)20-25(30)27(21)24(29)18-13-11-9-7-5-2/h1,5,20-21H,2,6-19H2,3H3,(H,26,28). The van der Waals surface area contributed by atoms with Gasteiger partial charge in [-0.05, 0) is 51.4 Å². The number of ether oxygens (including phenoxy) is 1. The first-order chi connectivity index (χ1) is 15.0. The average molecular weight is 431 g/mol. The highest BCUT2D eigenvalue weighted by Crippen LogP contribution is 2.26. The molecule has 6 heteroatoms. The molecule has 1 rings (SSSR count). The highest BCUT2D eigenvalue weighted by atomic mass is 16.5. The van der Waals surface area contributed by atoms with Gasteiger partial charge in [0.2, 0.25) is 11.8 Å². The molecule has 0 saturated heterocycles. The van der Waals surface area contributed by atoms with Crippen LogP contribution in [0.5, 0.6) is 0 Å². The zero-order chi connectivity index (χ0) is 22.9. The van der Waals surface area contributed by atoms with Gasteiger partial charge in [0.1, 0.15) is 5.76 Å². The molecule has 1 unspecified atom stereocenters. The Morgan fingerprint density at radius 2 is 1.90 bits per heavy atom. The van der Waals surface area contributed by atoms with Gasteiger partial charge in [0.05, 0.1) is 13.2 Å². The van der Waals surface area contributed by atoms with E-state index in [1.54, 1.807) is 0 Å². The number of nitrogens with zero attached hydrogens (tertiary/aromatic N) is 1. The van der Waals surface area contributed by atoms with E-state index in [9.17, 15) is 14.4 Å².